The molecule has 436 valence electrons. The highest BCUT2D eigenvalue weighted by molar-refractivity contribution is 5.74. The van der Waals surface area contributed by atoms with Gasteiger partial charge < -0.3 is 160 Å². The number of unbranched alkanes of at least 4 members (excludes halogenated alkanes) is 2. The van der Waals surface area contributed by atoms with Gasteiger partial charge in [-0.2, -0.15) is 0 Å². The van der Waals surface area contributed by atoms with Crippen molar-refractivity contribution in [2.24, 2.45) is 5.73 Å². The summed E-state index contributed by atoms with van der Waals surface area (Å²) < 4.78 is 66.0. The number of ether oxygens (including phenoxy) is 12. The van der Waals surface area contributed by atoms with E-state index in [1.165, 1.54) is 0 Å². The number of carbonyl (C=O) groups is 2. The molecule has 0 radical (unpaired) electrons. The number of rotatable bonds is 22. The SMILES string of the molecule is NCCCCCOC1OC(CO)C(OC2OC(C(=O)O)C(OC3OC(CO)C(OC4OC(CO)C(OC5OC(CO)C(OC6OC(C(=O)O)C(O)C(O)C6O)C(O)C5O)C(O)C4O)C(O)C3O)C(O)C2O)C(O)C1O. The molecule has 0 saturated carbocycles. The van der Waals surface area contributed by atoms with Crippen LogP contribution in [0.3, 0.4) is 0 Å². The fourth-order valence-corrected chi connectivity index (χ4v) is 9.22. The van der Waals surface area contributed by atoms with Crippen LogP contribution in [0.4, 0.5) is 0 Å². The molecule has 6 rings (SSSR count). The Morgan fingerprint density at radius 3 is 0.987 bits per heavy atom. The molecule has 6 aliphatic rings. The number of aliphatic hydroxyl groups is 17. The summed E-state index contributed by atoms with van der Waals surface area (Å²) >= 11 is 0. The van der Waals surface area contributed by atoms with Gasteiger partial charge in [0.25, 0.3) is 0 Å². The van der Waals surface area contributed by atoms with Crippen LogP contribution in [0.5, 0.6) is 0 Å². The van der Waals surface area contributed by atoms with Crippen molar-refractivity contribution in [2.75, 3.05) is 39.6 Å². The highest BCUT2D eigenvalue weighted by Crippen LogP contribution is 2.37. The first-order valence-corrected chi connectivity index (χ1v) is 23.8. The fourth-order valence-electron chi connectivity index (χ4n) is 9.22. The minimum atomic E-state index is -2.31. The lowest BCUT2D eigenvalue weighted by Crippen LogP contribution is -2.68. The van der Waals surface area contributed by atoms with Crippen LogP contribution in [0.25, 0.3) is 0 Å². The molecular formula is C41H69NO33. The third-order valence-electron chi connectivity index (χ3n) is 13.5. The van der Waals surface area contributed by atoms with E-state index in [9.17, 15) is 107 Å². The largest absolute Gasteiger partial charge is 0.479 e. The van der Waals surface area contributed by atoms with Gasteiger partial charge in [-0.1, -0.05) is 0 Å². The Kier molecular flexibility index (Phi) is 22.5. The number of carboxylic acid groups (broad SMARTS) is 2. The summed E-state index contributed by atoms with van der Waals surface area (Å²) in [4.78, 5) is 24.1. The first kappa shape index (κ1) is 61.9. The number of carboxylic acids is 2. The van der Waals surface area contributed by atoms with E-state index < -0.39 is 223 Å². The van der Waals surface area contributed by atoms with Gasteiger partial charge in [-0.05, 0) is 25.8 Å². The van der Waals surface area contributed by atoms with Crippen molar-refractivity contribution in [3.8, 4) is 0 Å². The smallest absolute Gasteiger partial charge is 0.335 e. The molecule has 6 aliphatic heterocycles. The molecule has 21 N–H and O–H groups in total. The van der Waals surface area contributed by atoms with E-state index in [0.717, 1.165) is 0 Å². The minimum absolute atomic E-state index is 0.0777. The maximum atomic E-state index is 12.5. The average molecular weight is 1100 g/mol. The van der Waals surface area contributed by atoms with Gasteiger partial charge in [-0.25, -0.2) is 9.59 Å². The van der Waals surface area contributed by atoms with Gasteiger partial charge in [0.2, 0.25) is 0 Å². The summed E-state index contributed by atoms with van der Waals surface area (Å²) in [6.45, 7) is -3.56. The van der Waals surface area contributed by atoms with E-state index >= 15 is 0 Å². The Morgan fingerprint density at radius 1 is 0.347 bits per heavy atom. The topological polar surface area (TPSA) is 555 Å². The molecule has 34 heteroatoms. The van der Waals surface area contributed by atoms with E-state index in [-0.39, 0.29) is 6.61 Å². The fraction of sp³-hybridized carbons (Fsp3) is 0.951. The summed E-state index contributed by atoms with van der Waals surface area (Å²) in [5.74, 6) is -3.64. The van der Waals surface area contributed by atoms with E-state index in [1.807, 2.05) is 0 Å². The molecule has 30 atom stereocenters. The molecule has 0 aromatic heterocycles. The Bertz CT molecular complexity index is 1770. The van der Waals surface area contributed by atoms with Gasteiger partial charge in [0.1, 0.15) is 134 Å². The van der Waals surface area contributed by atoms with E-state index in [4.69, 9.17) is 62.6 Å². The molecule has 6 heterocycles. The number of aliphatic hydroxyl groups excluding tert-OH is 17. The van der Waals surface area contributed by atoms with Crippen LogP contribution in [-0.2, 0) is 66.4 Å². The zero-order valence-corrected chi connectivity index (χ0v) is 39.5. The van der Waals surface area contributed by atoms with Crippen molar-refractivity contribution in [3.63, 3.8) is 0 Å². The lowest BCUT2D eigenvalue weighted by atomic mass is 9.95. The highest BCUT2D eigenvalue weighted by Gasteiger charge is 2.58. The molecule has 6 saturated heterocycles. The molecule has 0 bridgehead atoms. The van der Waals surface area contributed by atoms with Crippen molar-refractivity contribution in [1.29, 1.82) is 0 Å². The standard InChI is InChI=1S/C41H69NO33/c42-4-2-1-3-5-64-36-22(55)16(49)27(10(6-43)65-36)72-41-26(59)20(53)31(33(75-41)35(62)63)73-39-25(58)19(52)29(12(8-45)68-39)70-37-23(56)17(50)28(11(7-44)66-37)69-38-24(57)18(51)30(13(9-46)67-38)71-40-21(54)14(47)15(48)32(74-40)34(60)61/h10-33,36-41,43-59H,1-9,42H2,(H,60,61)(H,62,63). The quantitative estimate of drug-likeness (QED) is 0.0448. The van der Waals surface area contributed by atoms with Gasteiger partial charge in [0, 0.05) is 6.61 Å². The predicted molar refractivity (Wildman–Crippen MR) is 227 cm³/mol. The molecule has 6 fully saturated rings. The zero-order chi connectivity index (χ0) is 55.3. The lowest BCUT2D eigenvalue weighted by Gasteiger charge is -2.49. The van der Waals surface area contributed by atoms with E-state index in [0.29, 0.717) is 25.8 Å². The van der Waals surface area contributed by atoms with Crippen molar-refractivity contribution in [2.45, 2.75) is 203 Å². The van der Waals surface area contributed by atoms with Crippen LogP contribution in [0, 0.1) is 0 Å². The summed E-state index contributed by atoms with van der Waals surface area (Å²) in [7, 11) is 0. The number of hydrogen-bond acceptors (Lipinski definition) is 32. The maximum Gasteiger partial charge on any atom is 0.335 e. The normalized spacial score (nSPS) is 48.8. The average Bonchev–Trinajstić information content (AvgIpc) is 3.38. The molecule has 34 nitrogen and oxygen atoms in total. The van der Waals surface area contributed by atoms with Crippen molar-refractivity contribution in [3.05, 3.63) is 0 Å². The first-order chi connectivity index (χ1) is 35.5. The van der Waals surface area contributed by atoms with Crippen LogP contribution >= 0.6 is 0 Å². The molecule has 30 unspecified atom stereocenters. The minimum Gasteiger partial charge on any atom is -0.479 e. The third-order valence-corrected chi connectivity index (χ3v) is 13.5. The van der Waals surface area contributed by atoms with Crippen LogP contribution in [0.15, 0.2) is 0 Å². The summed E-state index contributed by atoms with van der Waals surface area (Å²) in [5, 5.41) is 201. The molecule has 75 heavy (non-hydrogen) atoms. The number of aliphatic carboxylic acids is 2. The summed E-state index contributed by atoms with van der Waals surface area (Å²) in [6.07, 6.45) is -58.9. The Morgan fingerprint density at radius 2 is 0.640 bits per heavy atom. The number of nitrogens with two attached hydrogens (primary N) is 1. The second kappa shape index (κ2) is 27.3. The lowest BCUT2D eigenvalue weighted by molar-refractivity contribution is -0.394. The summed E-state index contributed by atoms with van der Waals surface area (Å²) in [6, 6.07) is 0. The van der Waals surface area contributed by atoms with Crippen LogP contribution in [0.1, 0.15) is 19.3 Å². The van der Waals surface area contributed by atoms with Crippen molar-refractivity contribution in [1.82, 2.24) is 0 Å². The van der Waals surface area contributed by atoms with Gasteiger partial charge in [0.05, 0.1) is 26.4 Å². The van der Waals surface area contributed by atoms with Crippen molar-refractivity contribution < 1.29 is 163 Å². The molecule has 0 amide bonds. The monoisotopic (exact) mass is 1100 g/mol. The van der Waals surface area contributed by atoms with E-state index in [1.54, 1.807) is 0 Å². The maximum absolute atomic E-state index is 12.5. The van der Waals surface area contributed by atoms with Gasteiger partial charge in [-0.15, -0.1) is 0 Å². The molecule has 0 aliphatic carbocycles. The van der Waals surface area contributed by atoms with Crippen LogP contribution in [0.2, 0.25) is 0 Å². The third kappa shape index (κ3) is 13.5. The molecule has 0 spiro atoms. The van der Waals surface area contributed by atoms with Crippen molar-refractivity contribution >= 4 is 11.9 Å². The second-order valence-corrected chi connectivity index (χ2v) is 18.5. The predicted octanol–water partition coefficient (Wildman–Crippen LogP) is -12.8. The Hall–Kier alpha value is -2.26. The van der Waals surface area contributed by atoms with Gasteiger partial charge >= 0.3 is 11.9 Å². The first-order valence-electron chi connectivity index (χ1n) is 23.8. The van der Waals surface area contributed by atoms with Crippen LogP contribution in [-0.4, -0.2) is 333 Å². The molecule has 0 aromatic rings. The van der Waals surface area contributed by atoms with Gasteiger partial charge in [-0.3, -0.25) is 0 Å². The number of hydrogen-bond donors (Lipinski definition) is 20. The molecular weight excluding hydrogens is 1030 g/mol. The van der Waals surface area contributed by atoms with Gasteiger partial charge in [0.15, 0.2) is 49.9 Å². The van der Waals surface area contributed by atoms with Crippen LogP contribution < -0.4 is 5.73 Å². The van der Waals surface area contributed by atoms with E-state index in [2.05, 4.69) is 0 Å². The molecule has 0 aromatic carbocycles. The Labute approximate surface area is 423 Å². The Balaban J connectivity index is 1.06. The second-order valence-electron chi connectivity index (χ2n) is 18.5. The zero-order valence-electron chi connectivity index (χ0n) is 39.5. The summed E-state index contributed by atoms with van der Waals surface area (Å²) in [5.41, 5.74) is 5.48. The highest BCUT2D eigenvalue weighted by atomic mass is 16.8.